The fraction of sp³-hybridized carbons (Fsp3) is 0.265. The number of nitrogens with zero attached hydrogens (tertiary/aromatic N) is 3. The number of piperidine rings is 1. The Morgan fingerprint density at radius 1 is 1.04 bits per heavy atom. The molecular weight excluding hydrogens is 616 g/mol. The molecule has 1 heterocycles. The van der Waals surface area contributed by atoms with Crippen LogP contribution >= 0.6 is 0 Å². The number of likely N-dealkylation sites (tertiary alicyclic amines) is 1. The van der Waals surface area contributed by atoms with Crippen LogP contribution in [0.3, 0.4) is 0 Å². The third-order valence-corrected chi connectivity index (χ3v) is 7.01. The summed E-state index contributed by atoms with van der Waals surface area (Å²) in [6.07, 6.45) is -5.15. The van der Waals surface area contributed by atoms with E-state index in [0.717, 1.165) is 24.3 Å². The first kappa shape index (κ1) is 36.0. The molecule has 0 aliphatic carbocycles. The number of hydrogen-bond acceptors (Lipinski definition) is 6. The molecule has 0 radical (unpaired) electrons. The van der Waals surface area contributed by atoms with Gasteiger partial charge in [0.1, 0.15) is 24.1 Å². The number of alkyl halides is 3. The number of nitrogens with two attached hydrogens (primary N) is 1. The second-order valence-corrected chi connectivity index (χ2v) is 9.96. The van der Waals surface area contributed by atoms with Gasteiger partial charge in [0, 0.05) is 30.7 Å². The molecule has 2 atom stereocenters. The molecule has 3 aromatic rings. The van der Waals surface area contributed by atoms with Gasteiger partial charge in [-0.15, -0.1) is 0 Å². The molecule has 2 unspecified atom stereocenters. The standard InChI is InChI=1S/C32H28F4N6O3.C2H6.H2/c1-2-42-29(40-23-9-4-3-5-10-23)27(24(38)18-39-25(43)15-16-37)26(19-11-13-22(33)14-12-19)28(31(42)45)41-30(44)20-7-6-8-21(17-20)32(34,35)36;1-2;/h3-14,17,26,28H,2,15,18,38H2,1H3,(H,39,43)(H,41,44);1-2H3;1H/b27-24-,40-29?;;. The summed E-state index contributed by atoms with van der Waals surface area (Å²) in [5.74, 6) is -3.83. The second-order valence-electron chi connectivity index (χ2n) is 9.96. The van der Waals surface area contributed by atoms with Crippen molar-refractivity contribution < 1.29 is 33.4 Å². The number of benzene rings is 3. The van der Waals surface area contributed by atoms with Crippen molar-refractivity contribution in [2.45, 2.75) is 45.3 Å². The Balaban J connectivity index is 0.00000262. The van der Waals surface area contributed by atoms with E-state index in [9.17, 15) is 31.9 Å². The summed E-state index contributed by atoms with van der Waals surface area (Å²) < 4.78 is 54.2. The number of nitrogens with one attached hydrogen (secondary N) is 2. The van der Waals surface area contributed by atoms with Gasteiger partial charge < -0.3 is 16.4 Å². The zero-order valence-electron chi connectivity index (χ0n) is 25.9. The molecule has 3 amide bonds. The molecule has 248 valence electrons. The molecule has 3 aromatic carbocycles. The lowest BCUT2D eigenvalue weighted by Gasteiger charge is -2.41. The normalized spacial score (nSPS) is 18.0. The average Bonchev–Trinajstić information content (AvgIpc) is 3.06. The van der Waals surface area contributed by atoms with Crippen molar-refractivity contribution in [3.8, 4) is 6.07 Å². The highest BCUT2D eigenvalue weighted by Crippen LogP contribution is 2.38. The monoisotopic (exact) mass is 652 g/mol. The molecule has 1 saturated heterocycles. The fourth-order valence-electron chi connectivity index (χ4n) is 4.92. The number of amidine groups is 1. The lowest BCUT2D eigenvalue weighted by atomic mass is 9.78. The van der Waals surface area contributed by atoms with Gasteiger partial charge in [-0.2, -0.15) is 18.4 Å². The predicted molar refractivity (Wildman–Crippen MR) is 171 cm³/mol. The number of hydrogen-bond donors (Lipinski definition) is 3. The van der Waals surface area contributed by atoms with Crippen molar-refractivity contribution in [3.63, 3.8) is 0 Å². The molecule has 47 heavy (non-hydrogen) atoms. The number of nitriles is 1. The van der Waals surface area contributed by atoms with Crippen molar-refractivity contribution in [1.29, 1.82) is 5.26 Å². The molecule has 4 N–H and O–H groups in total. The topological polar surface area (TPSA) is 141 Å². The summed E-state index contributed by atoms with van der Waals surface area (Å²) in [5, 5.41) is 14.0. The second kappa shape index (κ2) is 16.2. The first-order valence-corrected chi connectivity index (χ1v) is 14.8. The molecule has 1 aliphatic heterocycles. The van der Waals surface area contributed by atoms with Crippen LogP contribution in [0, 0.1) is 17.1 Å². The van der Waals surface area contributed by atoms with Crippen LogP contribution in [0.2, 0.25) is 0 Å². The maximum Gasteiger partial charge on any atom is 0.416 e. The van der Waals surface area contributed by atoms with Gasteiger partial charge in [0.25, 0.3) is 11.8 Å². The van der Waals surface area contributed by atoms with Gasteiger partial charge in [-0.3, -0.25) is 19.3 Å². The van der Waals surface area contributed by atoms with E-state index in [1.807, 2.05) is 13.8 Å². The Hall–Kier alpha value is -5.51. The fourth-order valence-corrected chi connectivity index (χ4v) is 4.92. The van der Waals surface area contributed by atoms with Crippen LogP contribution in [0.4, 0.5) is 23.2 Å². The third-order valence-electron chi connectivity index (χ3n) is 7.01. The highest BCUT2D eigenvalue weighted by molar-refractivity contribution is 6.15. The van der Waals surface area contributed by atoms with Crippen LogP contribution in [0.25, 0.3) is 0 Å². The summed E-state index contributed by atoms with van der Waals surface area (Å²) in [6.45, 7) is 5.43. The minimum atomic E-state index is -4.71. The first-order valence-electron chi connectivity index (χ1n) is 14.8. The number of halogens is 4. The van der Waals surface area contributed by atoms with Crippen molar-refractivity contribution in [3.05, 3.63) is 113 Å². The summed E-state index contributed by atoms with van der Waals surface area (Å²) in [5.41, 5.74) is 6.19. The minimum Gasteiger partial charge on any atom is -0.400 e. The summed E-state index contributed by atoms with van der Waals surface area (Å²) in [4.78, 5) is 45.7. The Morgan fingerprint density at radius 2 is 1.70 bits per heavy atom. The van der Waals surface area contributed by atoms with Crippen LogP contribution in [-0.4, -0.2) is 47.6 Å². The summed E-state index contributed by atoms with van der Waals surface area (Å²) in [6, 6.07) is 17.7. The number of likely N-dealkylation sites (N-methyl/N-ethyl adjacent to an activating group) is 1. The molecule has 0 aromatic heterocycles. The highest BCUT2D eigenvalue weighted by atomic mass is 19.4. The van der Waals surface area contributed by atoms with E-state index in [-0.39, 0.29) is 37.2 Å². The van der Waals surface area contributed by atoms with Crippen LogP contribution in [0.5, 0.6) is 0 Å². The molecule has 0 spiro atoms. The van der Waals surface area contributed by atoms with Crippen LogP contribution in [-0.2, 0) is 15.8 Å². The number of amides is 3. The third kappa shape index (κ3) is 8.82. The predicted octanol–water partition coefficient (Wildman–Crippen LogP) is 5.83. The van der Waals surface area contributed by atoms with Gasteiger partial charge in [-0.25, -0.2) is 9.38 Å². The molecule has 0 bridgehead atoms. The van der Waals surface area contributed by atoms with Gasteiger partial charge in [-0.1, -0.05) is 50.2 Å². The Morgan fingerprint density at radius 3 is 2.30 bits per heavy atom. The van der Waals surface area contributed by atoms with Gasteiger partial charge in [-0.05, 0) is 55.0 Å². The average molecular weight is 653 g/mol. The maximum atomic E-state index is 14.1. The Labute approximate surface area is 271 Å². The van der Waals surface area contributed by atoms with E-state index in [1.54, 1.807) is 43.3 Å². The number of carbonyl (C=O) groups is 3. The zero-order valence-corrected chi connectivity index (χ0v) is 25.9. The molecular formula is C34H36F4N6O3. The van der Waals surface area contributed by atoms with Crippen molar-refractivity contribution in [1.82, 2.24) is 15.5 Å². The molecule has 1 fully saturated rings. The molecule has 9 nitrogen and oxygen atoms in total. The summed E-state index contributed by atoms with van der Waals surface area (Å²) in [7, 11) is 0. The van der Waals surface area contributed by atoms with Gasteiger partial charge in [0.05, 0.1) is 23.9 Å². The maximum absolute atomic E-state index is 14.1. The molecule has 4 rings (SSSR count). The highest BCUT2D eigenvalue weighted by Gasteiger charge is 2.46. The van der Waals surface area contributed by atoms with Gasteiger partial charge in [0.2, 0.25) is 5.91 Å². The lowest BCUT2D eigenvalue weighted by Crippen LogP contribution is -2.59. The Kier molecular flexibility index (Phi) is 12.4. The number of para-hydroxylation sites is 1. The smallest absolute Gasteiger partial charge is 0.400 e. The van der Waals surface area contributed by atoms with E-state index in [0.29, 0.717) is 17.3 Å². The van der Waals surface area contributed by atoms with Crippen LogP contribution < -0.4 is 16.4 Å². The number of rotatable bonds is 8. The van der Waals surface area contributed by atoms with Gasteiger partial charge >= 0.3 is 6.18 Å². The SMILES string of the molecule is CC.CCN1C(=O)C(NC(=O)c2cccc(C(F)(F)F)c2)C(c2ccc(F)cc2)/C(=C(/N)CNC(=O)CC#N)C1=Nc1ccccc1.[HH]. The van der Waals surface area contributed by atoms with E-state index in [1.165, 1.54) is 23.1 Å². The van der Waals surface area contributed by atoms with Crippen molar-refractivity contribution in [2.24, 2.45) is 10.7 Å². The number of carbonyl (C=O) groups excluding carboxylic acids is 3. The van der Waals surface area contributed by atoms with Crippen LogP contribution in [0.15, 0.2) is 95.1 Å². The van der Waals surface area contributed by atoms with Crippen molar-refractivity contribution in [2.75, 3.05) is 13.1 Å². The number of aliphatic imine (C=N–C) groups is 1. The van der Waals surface area contributed by atoms with E-state index >= 15 is 0 Å². The van der Waals surface area contributed by atoms with E-state index < -0.39 is 53.7 Å². The van der Waals surface area contributed by atoms with E-state index in [2.05, 4.69) is 10.6 Å². The minimum absolute atomic E-state index is 0. The zero-order chi connectivity index (χ0) is 34.7. The largest absolute Gasteiger partial charge is 0.416 e. The quantitative estimate of drug-likeness (QED) is 0.263. The molecule has 0 saturated carbocycles. The van der Waals surface area contributed by atoms with E-state index in [4.69, 9.17) is 16.0 Å². The van der Waals surface area contributed by atoms with Crippen LogP contribution in [0.1, 0.15) is 56.0 Å². The van der Waals surface area contributed by atoms with Gasteiger partial charge in [0.15, 0.2) is 0 Å². The first-order chi connectivity index (χ1) is 22.4. The molecule has 13 heteroatoms. The summed E-state index contributed by atoms with van der Waals surface area (Å²) >= 11 is 0. The molecule has 1 aliphatic rings. The van der Waals surface area contributed by atoms with Crippen molar-refractivity contribution >= 4 is 29.2 Å². The lowest BCUT2D eigenvalue weighted by molar-refractivity contribution is -0.137. The Bertz CT molecular complexity index is 1690.